The molecule has 0 bridgehead atoms. The Morgan fingerprint density at radius 1 is 1.17 bits per heavy atom. The van der Waals surface area contributed by atoms with E-state index in [1.807, 2.05) is 0 Å². The number of nitrogens with zero attached hydrogens (tertiary/aromatic N) is 2. The van der Waals surface area contributed by atoms with Crippen molar-refractivity contribution in [1.29, 1.82) is 0 Å². The molecule has 1 aliphatic heterocycles. The molecule has 0 unspecified atom stereocenters. The van der Waals surface area contributed by atoms with Crippen molar-refractivity contribution in [3.8, 4) is 0 Å². The van der Waals surface area contributed by atoms with Gasteiger partial charge in [-0.3, -0.25) is 4.79 Å². The van der Waals surface area contributed by atoms with Crippen LogP contribution in [-0.4, -0.2) is 70.3 Å². The predicted octanol–water partition coefficient (Wildman–Crippen LogP) is 1.26. The SMILES string of the molecule is CCN(CC)S(=O)(=O)c1cc(C(=O)NCC2CCN(S(C)(=O)=O)CC2)ccc1F. The van der Waals surface area contributed by atoms with Crippen LogP contribution in [0, 0.1) is 11.7 Å². The van der Waals surface area contributed by atoms with Gasteiger partial charge in [0.15, 0.2) is 0 Å². The third-order valence-corrected chi connectivity index (χ3v) is 8.48. The zero-order valence-corrected chi connectivity index (χ0v) is 18.5. The molecule has 0 aliphatic carbocycles. The van der Waals surface area contributed by atoms with Crippen LogP contribution in [-0.2, 0) is 20.0 Å². The number of hydrogen-bond acceptors (Lipinski definition) is 5. The first kappa shape index (κ1) is 23.7. The molecule has 1 fully saturated rings. The number of carbonyl (C=O) groups is 1. The van der Waals surface area contributed by atoms with E-state index >= 15 is 0 Å². The first-order valence-electron chi connectivity index (χ1n) is 9.53. The molecule has 2 rings (SSSR count). The number of benzene rings is 1. The molecule has 1 aliphatic rings. The molecule has 1 aromatic rings. The van der Waals surface area contributed by atoms with E-state index in [1.54, 1.807) is 13.8 Å². The molecular weight excluding hydrogens is 421 g/mol. The van der Waals surface area contributed by atoms with E-state index in [4.69, 9.17) is 0 Å². The zero-order chi connectivity index (χ0) is 21.8. The Hall–Kier alpha value is -1.56. The summed E-state index contributed by atoms with van der Waals surface area (Å²) < 4.78 is 65.0. The van der Waals surface area contributed by atoms with Crippen LogP contribution < -0.4 is 5.32 Å². The van der Waals surface area contributed by atoms with Crippen LogP contribution in [0.2, 0.25) is 0 Å². The zero-order valence-electron chi connectivity index (χ0n) is 16.9. The third kappa shape index (κ3) is 5.74. The van der Waals surface area contributed by atoms with Gasteiger partial charge < -0.3 is 5.32 Å². The average Bonchev–Trinajstić information content (AvgIpc) is 2.66. The summed E-state index contributed by atoms with van der Waals surface area (Å²) in [6.45, 7) is 4.85. The monoisotopic (exact) mass is 449 g/mol. The second-order valence-electron chi connectivity index (χ2n) is 7.05. The van der Waals surface area contributed by atoms with Gasteiger partial charge in [0.1, 0.15) is 10.7 Å². The van der Waals surface area contributed by atoms with Gasteiger partial charge in [0.05, 0.1) is 6.26 Å². The minimum atomic E-state index is -4.03. The summed E-state index contributed by atoms with van der Waals surface area (Å²) in [5.74, 6) is -1.27. The van der Waals surface area contributed by atoms with Crippen LogP contribution in [0.3, 0.4) is 0 Å². The molecule has 11 heteroatoms. The maximum Gasteiger partial charge on any atom is 0.251 e. The maximum atomic E-state index is 14.2. The van der Waals surface area contributed by atoms with Gasteiger partial charge in [-0.2, -0.15) is 4.31 Å². The van der Waals surface area contributed by atoms with E-state index in [2.05, 4.69) is 5.32 Å². The topological polar surface area (TPSA) is 104 Å². The molecule has 1 saturated heterocycles. The number of carbonyl (C=O) groups excluding carboxylic acids is 1. The van der Waals surface area contributed by atoms with Crippen LogP contribution in [0.4, 0.5) is 4.39 Å². The minimum absolute atomic E-state index is 0.0608. The molecule has 1 N–H and O–H groups in total. The van der Waals surface area contributed by atoms with Crippen molar-refractivity contribution in [3.05, 3.63) is 29.6 Å². The summed E-state index contributed by atoms with van der Waals surface area (Å²) in [6.07, 6.45) is 2.42. The Bertz CT molecular complexity index is 938. The van der Waals surface area contributed by atoms with E-state index in [1.165, 1.54) is 16.6 Å². The second-order valence-corrected chi connectivity index (χ2v) is 10.9. The van der Waals surface area contributed by atoms with Crippen LogP contribution in [0.5, 0.6) is 0 Å². The summed E-state index contributed by atoms with van der Waals surface area (Å²) in [5.41, 5.74) is 0.0608. The standard InChI is InChI=1S/C18H28FN3O5S2/c1-4-21(5-2)29(26,27)17-12-15(6-7-16(17)19)18(23)20-13-14-8-10-22(11-9-14)28(3,24)25/h6-7,12,14H,4-5,8-11,13H2,1-3H3,(H,20,23). The molecule has 1 aromatic carbocycles. The van der Waals surface area contributed by atoms with E-state index in [-0.39, 0.29) is 24.6 Å². The predicted molar refractivity (Wildman–Crippen MR) is 108 cm³/mol. The van der Waals surface area contributed by atoms with Crippen LogP contribution in [0.15, 0.2) is 23.1 Å². The van der Waals surface area contributed by atoms with E-state index < -0.39 is 36.7 Å². The highest BCUT2D eigenvalue weighted by Gasteiger charge is 2.27. The molecule has 164 valence electrons. The van der Waals surface area contributed by atoms with Crippen molar-refractivity contribution in [2.75, 3.05) is 39.0 Å². The lowest BCUT2D eigenvalue weighted by Gasteiger charge is -2.30. The minimum Gasteiger partial charge on any atom is -0.352 e. The number of rotatable bonds is 8. The van der Waals surface area contributed by atoms with Gasteiger partial charge in [-0.05, 0) is 37.0 Å². The Morgan fingerprint density at radius 3 is 2.28 bits per heavy atom. The lowest BCUT2D eigenvalue weighted by Crippen LogP contribution is -2.41. The van der Waals surface area contributed by atoms with Gasteiger partial charge >= 0.3 is 0 Å². The normalized spacial score (nSPS) is 16.9. The number of halogens is 1. The number of sulfonamides is 2. The van der Waals surface area contributed by atoms with Crippen molar-refractivity contribution in [3.63, 3.8) is 0 Å². The average molecular weight is 450 g/mol. The highest BCUT2D eigenvalue weighted by Crippen LogP contribution is 2.22. The Balaban J connectivity index is 2.05. The molecule has 1 amide bonds. The summed E-state index contributed by atoms with van der Waals surface area (Å²) in [6, 6.07) is 3.29. The summed E-state index contributed by atoms with van der Waals surface area (Å²) in [7, 11) is -7.24. The molecular formula is C18H28FN3O5S2. The quantitative estimate of drug-likeness (QED) is 0.643. The molecule has 0 spiro atoms. The summed E-state index contributed by atoms with van der Waals surface area (Å²) in [5, 5.41) is 2.74. The van der Waals surface area contributed by atoms with Gasteiger partial charge in [-0.15, -0.1) is 0 Å². The smallest absolute Gasteiger partial charge is 0.251 e. The van der Waals surface area contributed by atoms with Crippen LogP contribution in [0.25, 0.3) is 0 Å². The second kappa shape index (κ2) is 9.50. The lowest BCUT2D eigenvalue weighted by molar-refractivity contribution is 0.0941. The fourth-order valence-corrected chi connectivity index (χ4v) is 5.75. The largest absolute Gasteiger partial charge is 0.352 e. The van der Waals surface area contributed by atoms with Gasteiger partial charge in [-0.1, -0.05) is 13.8 Å². The molecule has 0 saturated carbocycles. The fourth-order valence-electron chi connectivity index (χ4n) is 3.33. The van der Waals surface area contributed by atoms with Gasteiger partial charge in [0.25, 0.3) is 5.91 Å². The van der Waals surface area contributed by atoms with Crippen molar-refractivity contribution in [2.24, 2.45) is 5.92 Å². The van der Waals surface area contributed by atoms with Gasteiger partial charge in [-0.25, -0.2) is 25.5 Å². The van der Waals surface area contributed by atoms with Crippen molar-refractivity contribution >= 4 is 26.0 Å². The fraction of sp³-hybridized carbons (Fsp3) is 0.611. The highest BCUT2D eigenvalue weighted by atomic mass is 32.2. The summed E-state index contributed by atoms with van der Waals surface area (Å²) >= 11 is 0. The van der Waals surface area contributed by atoms with E-state index in [0.717, 1.165) is 16.4 Å². The van der Waals surface area contributed by atoms with E-state index in [0.29, 0.717) is 32.5 Å². The number of piperidine rings is 1. The molecule has 0 atom stereocenters. The molecule has 1 heterocycles. The number of hydrogen-bond donors (Lipinski definition) is 1. The Kier molecular flexibility index (Phi) is 7.77. The summed E-state index contributed by atoms with van der Waals surface area (Å²) in [4.78, 5) is 11.9. The molecule has 0 radical (unpaired) electrons. The number of amides is 1. The van der Waals surface area contributed by atoms with E-state index in [9.17, 15) is 26.0 Å². The van der Waals surface area contributed by atoms with Crippen molar-refractivity contribution < 1.29 is 26.0 Å². The van der Waals surface area contributed by atoms with Crippen molar-refractivity contribution in [2.45, 2.75) is 31.6 Å². The third-order valence-electron chi connectivity index (χ3n) is 5.11. The Labute approximate surface area is 172 Å². The van der Waals surface area contributed by atoms with Crippen molar-refractivity contribution in [1.82, 2.24) is 13.9 Å². The molecule has 8 nitrogen and oxygen atoms in total. The number of nitrogens with one attached hydrogen (secondary N) is 1. The first-order valence-corrected chi connectivity index (χ1v) is 12.8. The first-order chi connectivity index (χ1) is 13.5. The lowest BCUT2D eigenvalue weighted by atomic mass is 9.98. The maximum absolute atomic E-state index is 14.2. The van der Waals surface area contributed by atoms with Gasteiger partial charge in [0, 0.05) is 38.3 Å². The highest BCUT2D eigenvalue weighted by molar-refractivity contribution is 7.89. The molecule has 0 aromatic heterocycles. The van der Waals surface area contributed by atoms with Crippen LogP contribution in [0.1, 0.15) is 37.0 Å². The molecule has 29 heavy (non-hydrogen) atoms. The van der Waals surface area contributed by atoms with Gasteiger partial charge in [0.2, 0.25) is 20.0 Å². The Morgan fingerprint density at radius 2 is 1.76 bits per heavy atom. The van der Waals surface area contributed by atoms with Crippen LogP contribution >= 0.6 is 0 Å².